The van der Waals surface area contributed by atoms with Gasteiger partial charge in [0.05, 0.1) is 32.5 Å². The number of ether oxygens (including phenoxy) is 4. The van der Waals surface area contributed by atoms with Gasteiger partial charge in [0.1, 0.15) is 23.7 Å². The lowest BCUT2D eigenvalue weighted by molar-refractivity contribution is -0.211. The van der Waals surface area contributed by atoms with Crippen LogP contribution in [0, 0.1) is 6.92 Å². The quantitative estimate of drug-likeness (QED) is 0.0911. The van der Waals surface area contributed by atoms with Gasteiger partial charge >= 0.3 is 0 Å². The minimum absolute atomic E-state index is 0.285. The fourth-order valence-electron chi connectivity index (χ4n) is 4.85. The van der Waals surface area contributed by atoms with Crippen molar-refractivity contribution in [1.82, 2.24) is 0 Å². The number of thioether (sulfide) groups is 1. The molecule has 4 aromatic carbocycles. The number of hydrogen-bond acceptors (Lipinski definition) is 6. The zero-order valence-electron chi connectivity index (χ0n) is 23.6. The molecular weight excluding hydrogens is 546 g/mol. The van der Waals surface area contributed by atoms with Crippen molar-refractivity contribution in [2.75, 3.05) is 6.61 Å². The average molecular weight is 582 g/mol. The Morgan fingerprint density at radius 1 is 0.714 bits per heavy atom. The Morgan fingerprint density at radius 2 is 1.24 bits per heavy atom. The normalized spacial score (nSPS) is 21.9. The predicted octanol–water partition coefficient (Wildman–Crippen LogP) is 7.88. The van der Waals surface area contributed by atoms with Gasteiger partial charge in [-0.2, -0.15) is 0 Å². The second-order valence-corrected chi connectivity index (χ2v) is 11.4. The lowest BCUT2D eigenvalue weighted by Crippen LogP contribution is -2.58. The van der Waals surface area contributed by atoms with Crippen molar-refractivity contribution in [3.8, 4) is 0 Å². The Hall–Kier alpha value is -3.62. The maximum Gasteiger partial charge on any atom is 0.119 e. The molecule has 1 saturated heterocycles. The Balaban J connectivity index is 1.43. The minimum atomic E-state index is -0.642. The van der Waals surface area contributed by atoms with Gasteiger partial charge in [0, 0.05) is 9.81 Å². The largest absolute Gasteiger partial charge is 0.374 e. The molecule has 42 heavy (non-hydrogen) atoms. The summed E-state index contributed by atoms with van der Waals surface area (Å²) in [7, 11) is 0. The molecule has 7 nitrogen and oxygen atoms in total. The monoisotopic (exact) mass is 581 g/mol. The summed E-state index contributed by atoms with van der Waals surface area (Å²) in [6.07, 6.45) is -1.59. The van der Waals surface area contributed by atoms with E-state index in [9.17, 15) is 5.53 Å². The van der Waals surface area contributed by atoms with Crippen LogP contribution in [0.2, 0.25) is 0 Å². The third-order valence-corrected chi connectivity index (χ3v) is 8.20. The first-order valence-electron chi connectivity index (χ1n) is 14.1. The van der Waals surface area contributed by atoms with E-state index in [0.717, 1.165) is 21.6 Å². The minimum Gasteiger partial charge on any atom is -0.374 e. The zero-order valence-corrected chi connectivity index (χ0v) is 24.4. The number of nitrogens with zero attached hydrogens (tertiary/aromatic N) is 3. The topological polar surface area (TPSA) is 85.7 Å². The molecule has 0 radical (unpaired) electrons. The second kappa shape index (κ2) is 15.6. The van der Waals surface area contributed by atoms with Crippen LogP contribution in [0.3, 0.4) is 0 Å². The van der Waals surface area contributed by atoms with Crippen LogP contribution in [-0.2, 0) is 38.8 Å². The van der Waals surface area contributed by atoms with Gasteiger partial charge in [-0.15, -0.1) is 0 Å². The van der Waals surface area contributed by atoms with Crippen LogP contribution in [0.5, 0.6) is 0 Å². The number of rotatable bonds is 13. The summed E-state index contributed by atoms with van der Waals surface area (Å²) in [5.74, 6) is 0. The van der Waals surface area contributed by atoms with Gasteiger partial charge in [0.15, 0.2) is 0 Å². The van der Waals surface area contributed by atoms with E-state index in [1.807, 2.05) is 91.0 Å². The van der Waals surface area contributed by atoms with E-state index in [2.05, 4.69) is 41.2 Å². The first-order chi connectivity index (χ1) is 20.7. The van der Waals surface area contributed by atoms with Crippen LogP contribution in [0.25, 0.3) is 10.4 Å². The van der Waals surface area contributed by atoms with Gasteiger partial charge in [-0.05, 0) is 41.3 Å². The van der Waals surface area contributed by atoms with Crippen molar-refractivity contribution in [1.29, 1.82) is 0 Å². The Bertz CT molecular complexity index is 1400. The van der Waals surface area contributed by atoms with E-state index in [4.69, 9.17) is 18.9 Å². The summed E-state index contributed by atoms with van der Waals surface area (Å²) in [5, 5.41) is 4.23. The fraction of sp³-hybridized carbons (Fsp3) is 0.294. The molecule has 5 rings (SSSR count). The van der Waals surface area contributed by atoms with Crippen molar-refractivity contribution in [2.45, 2.75) is 61.4 Å². The standard InChI is InChI=1S/C34H35N3O4S/c1-25-17-19-29(20-18-25)42-34-31(36-37-35)33(40-23-28-15-9-4-10-16-28)32(39-22-27-13-7-3-8-14-27)30(41-34)24-38-21-26-11-5-2-6-12-26/h2-20,30-34H,21-24H2,1H3/t30-,31+,32-,33+,34+/m1/s1. The number of hydrogen-bond donors (Lipinski definition) is 0. The molecule has 8 heteroatoms. The van der Waals surface area contributed by atoms with Crippen molar-refractivity contribution in [2.24, 2.45) is 5.11 Å². The molecule has 0 saturated carbocycles. The van der Waals surface area contributed by atoms with E-state index in [1.54, 1.807) is 0 Å². The summed E-state index contributed by atoms with van der Waals surface area (Å²) >= 11 is 1.52. The molecule has 1 aliphatic heterocycles. The highest BCUT2D eigenvalue weighted by Crippen LogP contribution is 2.38. The third-order valence-electron chi connectivity index (χ3n) is 7.04. The highest BCUT2D eigenvalue weighted by atomic mass is 32.2. The lowest BCUT2D eigenvalue weighted by Gasteiger charge is -2.44. The molecular formula is C34H35N3O4S. The van der Waals surface area contributed by atoms with E-state index in [1.165, 1.54) is 17.3 Å². The van der Waals surface area contributed by atoms with Gasteiger partial charge in [0.2, 0.25) is 0 Å². The van der Waals surface area contributed by atoms with Gasteiger partial charge < -0.3 is 18.9 Å². The van der Waals surface area contributed by atoms with E-state index in [-0.39, 0.29) is 6.61 Å². The van der Waals surface area contributed by atoms with Gasteiger partial charge in [-0.1, -0.05) is 126 Å². The van der Waals surface area contributed by atoms with Crippen molar-refractivity contribution in [3.05, 3.63) is 148 Å². The Kier molecular flexibility index (Phi) is 11.1. The molecule has 0 aliphatic carbocycles. The number of azide groups is 1. The van der Waals surface area contributed by atoms with Crippen LogP contribution in [0.4, 0.5) is 0 Å². The molecule has 0 N–H and O–H groups in total. The number of benzene rings is 4. The highest BCUT2D eigenvalue weighted by molar-refractivity contribution is 7.99. The molecule has 0 unspecified atom stereocenters. The van der Waals surface area contributed by atoms with Crippen molar-refractivity contribution in [3.63, 3.8) is 0 Å². The summed E-state index contributed by atoms with van der Waals surface area (Å²) in [6.45, 7) is 3.48. The zero-order chi connectivity index (χ0) is 29.0. The van der Waals surface area contributed by atoms with Gasteiger partial charge in [-0.25, -0.2) is 0 Å². The SMILES string of the molecule is Cc1ccc(S[C@@H]2O[C@H](COCc3ccccc3)[C@@H](OCc3ccccc3)[C@@H](OCc3ccccc3)[C@@H]2N=[N+]=[N-])cc1. The van der Waals surface area contributed by atoms with Crippen molar-refractivity contribution >= 4 is 11.8 Å². The molecule has 4 aromatic rings. The second-order valence-electron chi connectivity index (χ2n) is 10.2. The van der Waals surface area contributed by atoms with Crippen LogP contribution >= 0.6 is 11.8 Å². The summed E-state index contributed by atoms with van der Waals surface area (Å²) in [4.78, 5) is 4.23. The van der Waals surface area contributed by atoms with E-state index in [0.29, 0.717) is 19.8 Å². The maximum absolute atomic E-state index is 9.64. The first-order valence-corrected chi connectivity index (χ1v) is 14.9. The molecule has 0 bridgehead atoms. The molecule has 0 aromatic heterocycles. The average Bonchev–Trinajstić information content (AvgIpc) is 3.03. The molecule has 0 spiro atoms. The van der Waals surface area contributed by atoms with Crippen LogP contribution in [0.1, 0.15) is 22.3 Å². The molecule has 1 fully saturated rings. The maximum atomic E-state index is 9.64. The predicted molar refractivity (Wildman–Crippen MR) is 165 cm³/mol. The Morgan fingerprint density at radius 3 is 1.79 bits per heavy atom. The highest BCUT2D eigenvalue weighted by Gasteiger charge is 2.47. The first kappa shape index (κ1) is 29.9. The van der Waals surface area contributed by atoms with Crippen LogP contribution < -0.4 is 0 Å². The molecule has 0 amide bonds. The number of aryl methyl sites for hydroxylation is 1. The fourth-order valence-corrected chi connectivity index (χ4v) is 5.96. The molecule has 5 atom stereocenters. The Labute approximate surface area is 251 Å². The lowest BCUT2D eigenvalue weighted by atomic mass is 9.97. The molecule has 1 aliphatic rings. The van der Waals surface area contributed by atoms with Crippen LogP contribution in [0.15, 0.2) is 125 Å². The van der Waals surface area contributed by atoms with E-state index >= 15 is 0 Å². The molecule has 1 heterocycles. The summed E-state index contributed by atoms with van der Waals surface area (Å²) in [5.41, 5.74) is 13.4. The smallest absolute Gasteiger partial charge is 0.119 e. The summed E-state index contributed by atoms with van der Waals surface area (Å²) in [6, 6.07) is 37.6. The van der Waals surface area contributed by atoms with Gasteiger partial charge in [0.25, 0.3) is 0 Å². The third kappa shape index (κ3) is 8.46. The summed E-state index contributed by atoms with van der Waals surface area (Å²) < 4.78 is 26.0. The van der Waals surface area contributed by atoms with Gasteiger partial charge in [-0.3, -0.25) is 0 Å². The van der Waals surface area contributed by atoms with Crippen LogP contribution in [-0.4, -0.2) is 36.4 Å². The molecule has 216 valence electrons. The van der Waals surface area contributed by atoms with Crippen molar-refractivity contribution < 1.29 is 18.9 Å². The van der Waals surface area contributed by atoms with E-state index < -0.39 is 29.8 Å².